The van der Waals surface area contributed by atoms with Gasteiger partial charge in [-0.2, -0.15) is 0 Å². The zero-order valence-corrected chi connectivity index (χ0v) is 11.9. The van der Waals surface area contributed by atoms with Crippen LogP contribution in [0.15, 0.2) is 36.4 Å². The van der Waals surface area contributed by atoms with Crippen LogP contribution in [0.1, 0.15) is 33.9 Å². The molecule has 0 heterocycles. The summed E-state index contributed by atoms with van der Waals surface area (Å²) in [6.07, 6.45) is -0.616. The first-order valence-corrected chi connectivity index (χ1v) is 6.42. The molecule has 0 aliphatic carbocycles. The van der Waals surface area contributed by atoms with Crippen molar-refractivity contribution in [3.63, 3.8) is 0 Å². The summed E-state index contributed by atoms with van der Waals surface area (Å²) in [5, 5.41) is 10.6. The highest BCUT2D eigenvalue weighted by atomic mass is 16.5. The molecule has 0 saturated heterocycles. The quantitative estimate of drug-likeness (QED) is 0.907. The number of benzene rings is 2. The van der Waals surface area contributed by atoms with E-state index in [0.29, 0.717) is 0 Å². The third kappa shape index (κ3) is 2.79. The van der Waals surface area contributed by atoms with E-state index in [-0.39, 0.29) is 0 Å². The van der Waals surface area contributed by atoms with Crippen molar-refractivity contribution in [3.8, 4) is 5.75 Å². The Morgan fingerprint density at radius 3 is 2.32 bits per heavy atom. The van der Waals surface area contributed by atoms with Gasteiger partial charge in [0.1, 0.15) is 11.9 Å². The number of ether oxygens (including phenoxy) is 1. The van der Waals surface area contributed by atoms with Gasteiger partial charge in [-0.25, -0.2) is 0 Å². The second kappa shape index (κ2) is 5.45. The van der Waals surface area contributed by atoms with E-state index in [2.05, 4.69) is 26.0 Å². The number of aliphatic hydroxyl groups is 1. The molecule has 2 aromatic rings. The molecule has 0 aromatic heterocycles. The topological polar surface area (TPSA) is 29.5 Å². The zero-order valence-electron chi connectivity index (χ0n) is 11.9. The van der Waals surface area contributed by atoms with E-state index < -0.39 is 6.10 Å². The van der Waals surface area contributed by atoms with Gasteiger partial charge in [0.15, 0.2) is 0 Å². The maximum Gasteiger partial charge on any atom is 0.119 e. The highest BCUT2D eigenvalue weighted by Crippen LogP contribution is 2.28. The highest BCUT2D eigenvalue weighted by molar-refractivity contribution is 5.42. The number of aliphatic hydroxyl groups excluding tert-OH is 1. The minimum absolute atomic E-state index is 0.616. The van der Waals surface area contributed by atoms with Crippen molar-refractivity contribution >= 4 is 0 Å². The van der Waals surface area contributed by atoms with Crippen molar-refractivity contribution in [3.05, 3.63) is 64.2 Å². The van der Waals surface area contributed by atoms with E-state index in [1.165, 1.54) is 11.1 Å². The SMILES string of the molecule is COc1cccc(C(O)c2cc(C)c(C)cc2C)c1. The third-order valence-corrected chi connectivity index (χ3v) is 3.59. The Hall–Kier alpha value is -1.80. The lowest BCUT2D eigenvalue weighted by Gasteiger charge is -2.17. The van der Waals surface area contributed by atoms with Gasteiger partial charge < -0.3 is 9.84 Å². The molecule has 0 spiro atoms. The van der Waals surface area contributed by atoms with Crippen LogP contribution in [0.5, 0.6) is 5.75 Å². The van der Waals surface area contributed by atoms with Gasteiger partial charge in [-0.1, -0.05) is 24.3 Å². The van der Waals surface area contributed by atoms with E-state index in [1.54, 1.807) is 7.11 Å². The minimum Gasteiger partial charge on any atom is -0.497 e. The molecule has 0 saturated carbocycles. The summed E-state index contributed by atoms with van der Waals surface area (Å²) >= 11 is 0. The van der Waals surface area contributed by atoms with Gasteiger partial charge in [-0.15, -0.1) is 0 Å². The smallest absolute Gasteiger partial charge is 0.119 e. The van der Waals surface area contributed by atoms with Crippen molar-refractivity contribution in [2.75, 3.05) is 7.11 Å². The lowest BCUT2D eigenvalue weighted by atomic mass is 9.93. The van der Waals surface area contributed by atoms with E-state index in [4.69, 9.17) is 4.74 Å². The molecular weight excluding hydrogens is 236 g/mol. The summed E-state index contributed by atoms with van der Waals surface area (Å²) in [6.45, 7) is 6.19. The molecule has 0 fully saturated rings. The Kier molecular flexibility index (Phi) is 3.91. The van der Waals surface area contributed by atoms with Gasteiger partial charge in [0, 0.05) is 0 Å². The monoisotopic (exact) mass is 256 g/mol. The van der Waals surface area contributed by atoms with E-state index in [1.807, 2.05) is 31.2 Å². The van der Waals surface area contributed by atoms with Crippen LogP contribution in [0.3, 0.4) is 0 Å². The van der Waals surface area contributed by atoms with Crippen LogP contribution in [-0.2, 0) is 0 Å². The van der Waals surface area contributed by atoms with Crippen molar-refractivity contribution in [1.82, 2.24) is 0 Å². The second-order valence-corrected chi connectivity index (χ2v) is 4.97. The molecule has 2 nitrogen and oxygen atoms in total. The summed E-state index contributed by atoms with van der Waals surface area (Å²) in [6, 6.07) is 11.8. The third-order valence-electron chi connectivity index (χ3n) is 3.59. The van der Waals surface area contributed by atoms with Crippen molar-refractivity contribution in [1.29, 1.82) is 0 Å². The average Bonchev–Trinajstić information content (AvgIpc) is 2.42. The van der Waals surface area contributed by atoms with Crippen LogP contribution in [0, 0.1) is 20.8 Å². The summed E-state index contributed by atoms with van der Waals surface area (Å²) < 4.78 is 5.20. The van der Waals surface area contributed by atoms with Crippen LogP contribution in [0.25, 0.3) is 0 Å². The zero-order chi connectivity index (χ0) is 14.0. The lowest BCUT2D eigenvalue weighted by molar-refractivity contribution is 0.219. The van der Waals surface area contributed by atoms with E-state index in [0.717, 1.165) is 22.4 Å². The van der Waals surface area contributed by atoms with Crippen molar-refractivity contribution < 1.29 is 9.84 Å². The fourth-order valence-electron chi connectivity index (χ4n) is 2.27. The van der Waals surface area contributed by atoms with E-state index in [9.17, 15) is 5.11 Å². The molecule has 1 unspecified atom stereocenters. The normalized spacial score (nSPS) is 12.3. The summed E-state index contributed by atoms with van der Waals surface area (Å²) in [5.74, 6) is 0.762. The van der Waals surface area contributed by atoms with E-state index >= 15 is 0 Å². The maximum absolute atomic E-state index is 10.6. The largest absolute Gasteiger partial charge is 0.497 e. The summed E-state index contributed by atoms with van der Waals surface area (Å²) in [5.41, 5.74) is 5.36. The molecule has 0 amide bonds. The number of aryl methyl sites for hydroxylation is 3. The first kappa shape index (κ1) is 13.6. The van der Waals surface area contributed by atoms with Crippen molar-refractivity contribution in [2.45, 2.75) is 26.9 Å². The Balaban J connectivity index is 2.43. The van der Waals surface area contributed by atoms with Gasteiger partial charge in [-0.05, 0) is 60.7 Å². The van der Waals surface area contributed by atoms with Gasteiger partial charge in [0.25, 0.3) is 0 Å². The van der Waals surface area contributed by atoms with Gasteiger partial charge in [0.2, 0.25) is 0 Å². The van der Waals surface area contributed by atoms with Gasteiger partial charge in [0.05, 0.1) is 7.11 Å². The number of hydrogen-bond acceptors (Lipinski definition) is 2. The van der Waals surface area contributed by atoms with Crippen LogP contribution in [-0.4, -0.2) is 12.2 Å². The van der Waals surface area contributed by atoms with Crippen LogP contribution in [0.2, 0.25) is 0 Å². The number of rotatable bonds is 3. The molecule has 0 aliphatic rings. The molecule has 19 heavy (non-hydrogen) atoms. The Morgan fingerprint density at radius 2 is 1.63 bits per heavy atom. The molecular formula is C17H20O2. The van der Waals surface area contributed by atoms with Crippen LogP contribution in [0.4, 0.5) is 0 Å². The standard InChI is InChI=1S/C17H20O2/c1-11-8-13(3)16(9-12(11)2)17(18)14-6-5-7-15(10-14)19-4/h5-10,17-18H,1-4H3. The molecule has 100 valence electrons. The molecule has 0 radical (unpaired) electrons. The second-order valence-electron chi connectivity index (χ2n) is 4.97. The first-order chi connectivity index (χ1) is 9.02. The molecule has 2 aromatic carbocycles. The molecule has 2 rings (SSSR count). The van der Waals surface area contributed by atoms with Crippen molar-refractivity contribution in [2.24, 2.45) is 0 Å². The van der Waals surface area contributed by atoms with Crippen LogP contribution < -0.4 is 4.74 Å². The first-order valence-electron chi connectivity index (χ1n) is 6.42. The molecule has 2 heteroatoms. The average molecular weight is 256 g/mol. The predicted molar refractivity (Wildman–Crippen MR) is 77.7 cm³/mol. The van der Waals surface area contributed by atoms with Gasteiger partial charge in [-0.3, -0.25) is 0 Å². The summed E-state index contributed by atoms with van der Waals surface area (Å²) in [7, 11) is 1.63. The molecule has 0 bridgehead atoms. The maximum atomic E-state index is 10.6. The highest BCUT2D eigenvalue weighted by Gasteiger charge is 2.14. The Labute approximate surface area is 114 Å². The fraction of sp³-hybridized carbons (Fsp3) is 0.294. The molecule has 1 N–H and O–H groups in total. The Morgan fingerprint density at radius 1 is 0.947 bits per heavy atom. The minimum atomic E-state index is -0.616. The molecule has 0 aliphatic heterocycles. The van der Waals surface area contributed by atoms with Crippen LogP contribution >= 0.6 is 0 Å². The summed E-state index contributed by atoms with van der Waals surface area (Å²) in [4.78, 5) is 0. The van der Waals surface area contributed by atoms with Gasteiger partial charge >= 0.3 is 0 Å². The number of methoxy groups -OCH3 is 1. The number of hydrogen-bond donors (Lipinski definition) is 1. The fourth-order valence-corrected chi connectivity index (χ4v) is 2.27. The molecule has 1 atom stereocenters. The Bertz CT molecular complexity index is 588. The lowest BCUT2D eigenvalue weighted by Crippen LogP contribution is -2.03. The predicted octanol–water partition coefficient (Wildman–Crippen LogP) is 3.70.